The van der Waals surface area contributed by atoms with Crippen molar-refractivity contribution in [3.05, 3.63) is 183 Å². The van der Waals surface area contributed by atoms with Crippen molar-refractivity contribution in [2.75, 3.05) is 0 Å². The fraction of sp³-hybridized carbons (Fsp3) is 0.216. The molecule has 52 heavy (non-hydrogen) atoms. The van der Waals surface area contributed by atoms with Gasteiger partial charge in [-0.15, -0.1) is 0 Å². The molecule has 1 aliphatic carbocycles. The molecule has 0 spiro atoms. The lowest BCUT2D eigenvalue weighted by atomic mass is 9.95. The molecular formula is C51H52Si. The predicted molar refractivity (Wildman–Crippen MR) is 229 cm³/mol. The van der Waals surface area contributed by atoms with Crippen molar-refractivity contribution < 1.29 is 0 Å². The molecule has 6 aromatic carbocycles. The number of benzene rings is 6. The molecule has 0 amide bonds. The summed E-state index contributed by atoms with van der Waals surface area (Å²) in [6.45, 7) is 23.8. The van der Waals surface area contributed by atoms with Crippen LogP contribution >= 0.6 is 0 Å². The Morgan fingerprint density at radius 1 is 0.365 bits per heavy atom. The number of aryl methyl sites for hydroxylation is 3. The lowest BCUT2D eigenvalue weighted by molar-refractivity contribution is 0.851. The van der Waals surface area contributed by atoms with Gasteiger partial charge in [0.05, 0.1) is 0 Å². The lowest BCUT2D eigenvalue weighted by Gasteiger charge is -2.42. The topological polar surface area (TPSA) is 0 Å². The second kappa shape index (κ2) is 13.9. The highest BCUT2D eigenvalue weighted by atomic mass is 28.3. The Labute approximate surface area is 313 Å². The highest BCUT2D eigenvalue weighted by Gasteiger charge is 2.51. The van der Waals surface area contributed by atoms with Gasteiger partial charge in [-0.05, 0) is 156 Å². The number of hydrogen-bond donors (Lipinski definition) is 0. The van der Waals surface area contributed by atoms with Gasteiger partial charge in [0.2, 0.25) is 0 Å². The summed E-state index contributed by atoms with van der Waals surface area (Å²) in [5.74, 6) is 0.314. The van der Waals surface area contributed by atoms with Crippen LogP contribution in [-0.2, 0) is 0 Å². The second-order valence-corrected chi connectivity index (χ2v) is 18.9. The summed E-state index contributed by atoms with van der Waals surface area (Å²) in [6.07, 6.45) is 0. The minimum Gasteiger partial charge on any atom is -0.0636 e. The van der Waals surface area contributed by atoms with Gasteiger partial charge >= 0.3 is 0 Å². The van der Waals surface area contributed by atoms with Crippen molar-refractivity contribution in [2.45, 2.75) is 69.2 Å². The van der Waals surface area contributed by atoms with E-state index in [0.29, 0.717) is 5.92 Å². The summed E-state index contributed by atoms with van der Waals surface area (Å²) in [5, 5.41) is 6.12. The molecule has 0 fully saturated rings. The highest BCUT2D eigenvalue weighted by Crippen LogP contribution is 2.44. The van der Waals surface area contributed by atoms with Crippen LogP contribution in [-0.4, -0.2) is 8.07 Å². The predicted octanol–water partition coefficient (Wildman–Crippen LogP) is 11.9. The van der Waals surface area contributed by atoms with E-state index in [1.807, 2.05) is 0 Å². The molecule has 0 nitrogen and oxygen atoms in total. The van der Waals surface area contributed by atoms with E-state index in [2.05, 4.69) is 197 Å². The lowest BCUT2D eigenvalue weighted by Crippen LogP contribution is -2.71. The van der Waals surface area contributed by atoms with Crippen molar-refractivity contribution in [3.63, 3.8) is 0 Å². The van der Waals surface area contributed by atoms with E-state index in [9.17, 15) is 0 Å². The first-order valence-corrected chi connectivity index (χ1v) is 20.9. The van der Waals surface area contributed by atoms with Gasteiger partial charge in [-0.1, -0.05) is 151 Å². The van der Waals surface area contributed by atoms with Crippen molar-refractivity contribution >= 4 is 23.6 Å². The average Bonchev–Trinajstić information content (AvgIpc) is 3.34. The Kier molecular flexibility index (Phi) is 9.44. The normalized spacial score (nSPS) is 14.8. The molecule has 0 aliphatic heterocycles. The van der Waals surface area contributed by atoms with Crippen LogP contribution in [0.2, 0.25) is 0 Å². The van der Waals surface area contributed by atoms with Crippen LogP contribution in [0.3, 0.4) is 0 Å². The Hall–Kier alpha value is -4.98. The molecule has 0 radical (unpaired) electrons. The SMILES string of the molecule is CC1=C(C)C(C)C([Si](c2ccc(C)c(-c3ccccc3)c2C)(c2ccc(C)c(-c3ccccc3)c2C)c2ccc(C)c(-c3ccccc3)c2C)=C1C. The molecule has 0 saturated heterocycles. The quantitative estimate of drug-likeness (QED) is 0.115. The maximum atomic E-state index is 2.53. The summed E-state index contributed by atoms with van der Waals surface area (Å²) in [5.41, 5.74) is 20.5. The minimum atomic E-state index is -3.06. The Morgan fingerprint density at radius 2 is 0.673 bits per heavy atom. The fourth-order valence-electron chi connectivity index (χ4n) is 9.75. The van der Waals surface area contributed by atoms with E-state index < -0.39 is 8.07 Å². The summed E-state index contributed by atoms with van der Waals surface area (Å²) in [4.78, 5) is 0. The molecule has 1 aliphatic rings. The van der Waals surface area contributed by atoms with Gasteiger partial charge in [-0.25, -0.2) is 0 Å². The van der Waals surface area contributed by atoms with Crippen molar-refractivity contribution in [2.24, 2.45) is 5.92 Å². The van der Waals surface area contributed by atoms with Crippen LogP contribution in [0.5, 0.6) is 0 Å². The molecule has 6 aromatic rings. The zero-order valence-corrected chi connectivity index (χ0v) is 33.7. The molecule has 7 rings (SSSR count). The first-order valence-electron chi connectivity index (χ1n) is 18.9. The third kappa shape index (κ3) is 5.49. The molecule has 0 N–H and O–H groups in total. The molecule has 0 aromatic heterocycles. The van der Waals surface area contributed by atoms with Crippen LogP contribution in [0.15, 0.2) is 149 Å². The standard InChI is InChI=1S/C51H52Si/c1-32-26-29-45(39(8)48(32)42-20-14-11-15-21-42)52(51-37(6)35(4)36(5)38(51)7,46-30-27-33(2)49(40(46)9)43-22-16-12-17-23-43)47-31-28-34(3)50(41(47)10)44-24-18-13-19-25-44/h11-31,37H,1-10H3. The largest absolute Gasteiger partial charge is 0.177 e. The fourth-order valence-corrected chi connectivity index (χ4v) is 16.2. The van der Waals surface area contributed by atoms with Crippen LogP contribution in [0, 0.1) is 47.5 Å². The number of rotatable bonds is 7. The molecule has 0 heterocycles. The summed E-state index contributed by atoms with van der Waals surface area (Å²) in [7, 11) is -3.06. The Bertz CT molecular complexity index is 2140. The van der Waals surface area contributed by atoms with Crippen molar-refractivity contribution in [1.82, 2.24) is 0 Å². The summed E-state index contributed by atoms with van der Waals surface area (Å²) in [6, 6.07) is 48.0. The number of allylic oxidation sites excluding steroid dienone is 4. The van der Waals surface area contributed by atoms with Gasteiger partial charge in [0.15, 0.2) is 8.07 Å². The van der Waals surface area contributed by atoms with Crippen LogP contribution < -0.4 is 15.6 Å². The van der Waals surface area contributed by atoms with Gasteiger partial charge in [0.25, 0.3) is 0 Å². The van der Waals surface area contributed by atoms with E-state index in [1.54, 1.807) is 5.20 Å². The van der Waals surface area contributed by atoms with E-state index in [1.165, 1.54) is 99.0 Å². The molecule has 1 atom stereocenters. The van der Waals surface area contributed by atoms with E-state index in [-0.39, 0.29) is 0 Å². The third-order valence-electron chi connectivity index (χ3n) is 12.5. The summed E-state index contributed by atoms with van der Waals surface area (Å²) < 4.78 is 0. The highest BCUT2D eigenvalue weighted by molar-refractivity contribution is 7.17. The molecular weight excluding hydrogens is 641 g/mol. The first-order chi connectivity index (χ1) is 25.0. The number of hydrogen-bond acceptors (Lipinski definition) is 0. The maximum absolute atomic E-state index is 3.06. The molecule has 1 heteroatoms. The van der Waals surface area contributed by atoms with Gasteiger partial charge in [-0.2, -0.15) is 0 Å². The van der Waals surface area contributed by atoms with E-state index >= 15 is 0 Å². The van der Waals surface area contributed by atoms with Gasteiger partial charge in [0.1, 0.15) is 0 Å². The zero-order chi connectivity index (χ0) is 36.9. The zero-order valence-electron chi connectivity index (χ0n) is 32.7. The third-order valence-corrected chi connectivity index (χ3v) is 18.1. The second-order valence-electron chi connectivity index (χ2n) is 15.2. The van der Waals surface area contributed by atoms with Crippen molar-refractivity contribution in [3.8, 4) is 33.4 Å². The molecule has 1 unspecified atom stereocenters. The Morgan fingerprint density at radius 3 is 0.942 bits per heavy atom. The Balaban J connectivity index is 1.74. The average molecular weight is 693 g/mol. The van der Waals surface area contributed by atoms with Gasteiger partial charge in [0, 0.05) is 0 Å². The van der Waals surface area contributed by atoms with Gasteiger partial charge in [-0.3, -0.25) is 0 Å². The molecule has 260 valence electrons. The minimum absolute atomic E-state index is 0.314. The smallest absolute Gasteiger partial charge is 0.0636 e. The molecule has 0 bridgehead atoms. The van der Waals surface area contributed by atoms with Crippen molar-refractivity contribution in [1.29, 1.82) is 0 Å². The van der Waals surface area contributed by atoms with Crippen LogP contribution in [0.25, 0.3) is 33.4 Å². The van der Waals surface area contributed by atoms with E-state index in [0.717, 1.165) is 0 Å². The monoisotopic (exact) mass is 692 g/mol. The van der Waals surface area contributed by atoms with Crippen LogP contribution in [0.1, 0.15) is 61.1 Å². The maximum Gasteiger partial charge on any atom is 0.177 e. The molecule has 0 saturated carbocycles. The van der Waals surface area contributed by atoms with Gasteiger partial charge < -0.3 is 0 Å². The summed E-state index contributed by atoms with van der Waals surface area (Å²) >= 11 is 0. The first kappa shape index (κ1) is 35.4. The van der Waals surface area contributed by atoms with Crippen LogP contribution in [0.4, 0.5) is 0 Å². The van der Waals surface area contributed by atoms with E-state index in [4.69, 9.17) is 0 Å².